The Labute approximate surface area is 228 Å². The summed E-state index contributed by atoms with van der Waals surface area (Å²) in [5, 5.41) is 8.12. The minimum atomic E-state index is -3.20. The van der Waals surface area contributed by atoms with Gasteiger partial charge in [0.2, 0.25) is 16.0 Å². The molecule has 200 valence electrons. The highest BCUT2D eigenvalue weighted by Crippen LogP contribution is 2.37. The molecule has 3 aromatic heterocycles. The number of aromatic amines is 1. The molecule has 1 fully saturated rings. The molecule has 0 saturated carbocycles. The third kappa shape index (κ3) is 5.02. The predicted molar refractivity (Wildman–Crippen MR) is 144 cm³/mol. The Balaban J connectivity index is 1.40. The minimum absolute atomic E-state index is 0.0931. The number of aryl methyl sites for hydroxylation is 1. The number of benzene rings is 1. The third-order valence-electron chi connectivity index (χ3n) is 6.50. The summed E-state index contributed by atoms with van der Waals surface area (Å²) in [4.78, 5) is 10.1. The number of aromatic nitrogens is 4. The van der Waals surface area contributed by atoms with Crippen LogP contribution in [0.15, 0.2) is 36.7 Å². The van der Waals surface area contributed by atoms with E-state index in [2.05, 4.69) is 20.2 Å². The lowest BCUT2D eigenvalue weighted by molar-refractivity contribution is 0.212. The first kappa shape index (κ1) is 26.6. The maximum Gasteiger partial charge on any atom is 0.232 e. The smallest absolute Gasteiger partial charge is 0.232 e. The normalized spacial score (nSPS) is 15.7. The van der Waals surface area contributed by atoms with Crippen molar-refractivity contribution >= 4 is 49.9 Å². The minimum Gasteiger partial charge on any atom is -0.471 e. The number of sulfonamides is 1. The molecule has 1 atom stereocenters. The number of rotatable bonds is 6. The van der Waals surface area contributed by atoms with Crippen molar-refractivity contribution in [2.24, 2.45) is 5.73 Å². The lowest BCUT2D eigenvalue weighted by atomic mass is 10.0. The highest BCUT2D eigenvalue weighted by atomic mass is 35.5. The SMILES string of the molecule is Cc1c(O[C@H](N)c2c(Cl)cnc(F)c2Cl)ccc2[nH]nc(-c3ccc(N4CCN(S(C)(=O)=O)CC4)nc3)c12. The van der Waals surface area contributed by atoms with Gasteiger partial charge in [-0.1, -0.05) is 23.2 Å². The number of fused-ring (bicyclic) bond motifs is 1. The van der Waals surface area contributed by atoms with Crippen LogP contribution in [0.25, 0.3) is 22.2 Å². The summed E-state index contributed by atoms with van der Waals surface area (Å²) in [5.41, 5.74) is 9.28. The summed E-state index contributed by atoms with van der Waals surface area (Å²) >= 11 is 12.2. The van der Waals surface area contributed by atoms with Crippen molar-refractivity contribution in [1.29, 1.82) is 0 Å². The van der Waals surface area contributed by atoms with Crippen molar-refractivity contribution in [3.05, 3.63) is 63.8 Å². The summed E-state index contributed by atoms with van der Waals surface area (Å²) in [6.07, 6.45) is 2.95. The second-order valence-corrected chi connectivity index (χ2v) is 11.7. The van der Waals surface area contributed by atoms with E-state index in [0.717, 1.165) is 34.0 Å². The van der Waals surface area contributed by atoms with Gasteiger partial charge in [-0.3, -0.25) is 10.8 Å². The fraction of sp³-hybridized carbons (Fsp3) is 0.292. The van der Waals surface area contributed by atoms with Crippen LogP contribution in [0, 0.1) is 12.9 Å². The van der Waals surface area contributed by atoms with Crippen LogP contribution in [-0.2, 0) is 10.0 Å². The molecule has 4 aromatic rings. The Bertz CT molecular complexity index is 1610. The molecule has 0 amide bonds. The zero-order valence-corrected chi connectivity index (χ0v) is 22.8. The van der Waals surface area contributed by atoms with Crippen LogP contribution in [0.2, 0.25) is 10.0 Å². The van der Waals surface area contributed by atoms with Crippen LogP contribution in [0.4, 0.5) is 10.2 Å². The molecular formula is C24H24Cl2FN7O3S. The number of H-pyrrole nitrogens is 1. The molecule has 1 aliphatic heterocycles. The molecule has 3 N–H and O–H groups in total. The zero-order chi connectivity index (χ0) is 27.2. The van der Waals surface area contributed by atoms with Crippen LogP contribution in [0.5, 0.6) is 5.75 Å². The van der Waals surface area contributed by atoms with Gasteiger partial charge in [0.1, 0.15) is 22.3 Å². The number of hydrogen-bond acceptors (Lipinski definition) is 8. The number of piperazine rings is 1. The molecule has 1 aliphatic rings. The van der Waals surface area contributed by atoms with Crippen molar-refractivity contribution in [3.8, 4) is 17.0 Å². The van der Waals surface area contributed by atoms with Crippen LogP contribution in [0.1, 0.15) is 17.4 Å². The van der Waals surface area contributed by atoms with E-state index >= 15 is 0 Å². The molecule has 4 heterocycles. The summed E-state index contributed by atoms with van der Waals surface area (Å²) in [6, 6.07) is 7.34. The van der Waals surface area contributed by atoms with Gasteiger partial charge in [0.05, 0.1) is 22.4 Å². The second-order valence-electron chi connectivity index (χ2n) is 8.90. The Kier molecular flexibility index (Phi) is 7.18. The molecule has 0 bridgehead atoms. The molecule has 0 radical (unpaired) electrons. The molecule has 1 saturated heterocycles. The van der Waals surface area contributed by atoms with Gasteiger partial charge >= 0.3 is 0 Å². The number of nitrogens with one attached hydrogen (secondary N) is 1. The largest absolute Gasteiger partial charge is 0.471 e. The number of halogens is 3. The quantitative estimate of drug-likeness (QED) is 0.260. The van der Waals surface area contributed by atoms with Crippen LogP contribution < -0.4 is 15.4 Å². The fourth-order valence-corrected chi connectivity index (χ4v) is 5.86. The molecule has 0 aliphatic carbocycles. The van der Waals surface area contributed by atoms with E-state index in [1.807, 2.05) is 24.0 Å². The third-order valence-corrected chi connectivity index (χ3v) is 8.46. The van der Waals surface area contributed by atoms with E-state index in [9.17, 15) is 12.8 Å². The summed E-state index contributed by atoms with van der Waals surface area (Å²) in [6.45, 7) is 3.81. The van der Waals surface area contributed by atoms with Gasteiger partial charge in [0.15, 0.2) is 6.23 Å². The first-order valence-electron chi connectivity index (χ1n) is 11.6. The topological polar surface area (TPSA) is 130 Å². The number of hydrogen-bond donors (Lipinski definition) is 2. The predicted octanol–water partition coefficient (Wildman–Crippen LogP) is 3.89. The Hall–Kier alpha value is -3.03. The average Bonchev–Trinajstić information content (AvgIpc) is 3.33. The number of ether oxygens (including phenoxy) is 1. The van der Waals surface area contributed by atoms with Crippen LogP contribution in [0.3, 0.4) is 0 Å². The van der Waals surface area contributed by atoms with Gasteiger partial charge in [-0.05, 0) is 31.2 Å². The van der Waals surface area contributed by atoms with Gasteiger partial charge in [0.25, 0.3) is 0 Å². The van der Waals surface area contributed by atoms with E-state index in [-0.39, 0.29) is 15.6 Å². The van der Waals surface area contributed by atoms with E-state index in [1.54, 1.807) is 18.3 Å². The first-order chi connectivity index (χ1) is 18.0. The molecule has 38 heavy (non-hydrogen) atoms. The fourth-order valence-electron chi connectivity index (χ4n) is 4.47. The monoisotopic (exact) mass is 579 g/mol. The molecule has 1 aromatic carbocycles. The number of nitrogens with zero attached hydrogens (tertiary/aromatic N) is 5. The second kappa shape index (κ2) is 10.3. The van der Waals surface area contributed by atoms with E-state index < -0.39 is 22.2 Å². The molecular weight excluding hydrogens is 556 g/mol. The maximum atomic E-state index is 13.9. The van der Waals surface area contributed by atoms with Crippen molar-refractivity contribution in [2.75, 3.05) is 37.3 Å². The molecule has 14 heteroatoms. The van der Waals surface area contributed by atoms with Crippen molar-refractivity contribution in [1.82, 2.24) is 24.5 Å². The van der Waals surface area contributed by atoms with E-state index in [1.165, 1.54) is 10.6 Å². The number of pyridine rings is 2. The maximum absolute atomic E-state index is 13.9. The van der Waals surface area contributed by atoms with Gasteiger partial charge in [-0.15, -0.1) is 0 Å². The lowest BCUT2D eigenvalue weighted by Gasteiger charge is -2.33. The van der Waals surface area contributed by atoms with E-state index in [0.29, 0.717) is 37.6 Å². The molecule has 10 nitrogen and oxygen atoms in total. The van der Waals surface area contributed by atoms with Gasteiger partial charge in [0, 0.05) is 55.1 Å². The molecule has 0 spiro atoms. The van der Waals surface area contributed by atoms with Crippen LogP contribution >= 0.6 is 23.2 Å². The highest BCUT2D eigenvalue weighted by molar-refractivity contribution is 7.88. The highest BCUT2D eigenvalue weighted by Gasteiger charge is 2.25. The average molecular weight is 580 g/mol. The Morgan fingerprint density at radius 1 is 1.11 bits per heavy atom. The van der Waals surface area contributed by atoms with Crippen molar-refractivity contribution < 1.29 is 17.5 Å². The number of nitrogens with two attached hydrogens (primary N) is 1. The first-order valence-corrected chi connectivity index (χ1v) is 14.2. The molecule has 5 rings (SSSR count). The summed E-state index contributed by atoms with van der Waals surface area (Å²) < 4.78 is 44.9. The Morgan fingerprint density at radius 2 is 1.84 bits per heavy atom. The van der Waals surface area contributed by atoms with Crippen LogP contribution in [-0.4, -0.2) is 65.3 Å². The lowest BCUT2D eigenvalue weighted by Crippen LogP contribution is -2.48. The zero-order valence-electron chi connectivity index (χ0n) is 20.5. The summed E-state index contributed by atoms with van der Waals surface area (Å²) in [7, 11) is -3.20. The van der Waals surface area contributed by atoms with Gasteiger partial charge < -0.3 is 9.64 Å². The standard InChI is InChI=1S/C24H24Cl2FN7O3S/c1-13-17(37-24(28)20-15(25)12-30-23(27)21(20)26)5-4-16-19(13)22(32-31-16)14-3-6-18(29-11-14)33-7-9-34(10-8-33)38(2,35)36/h3-6,11-12,24H,7-10,28H2,1-2H3,(H,31,32)/t24-/m0/s1. The molecule has 0 unspecified atom stereocenters. The summed E-state index contributed by atoms with van der Waals surface area (Å²) in [5.74, 6) is 0.319. The number of anilines is 1. The van der Waals surface area contributed by atoms with Gasteiger partial charge in [-0.2, -0.15) is 13.8 Å². The van der Waals surface area contributed by atoms with Crippen molar-refractivity contribution in [3.63, 3.8) is 0 Å². The Morgan fingerprint density at radius 3 is 2.50 bits per heavy atom. The van der Waals surface area contributed by atoms with E-state index in [4.69, 9.17) is 33.7 Å². The van der Waals surface area contributed by atoms with Crippen molar-refractivity contribution in [2.45, 2.75) is 13.2 Å². The van der Waals surface area contributed by atoms with Gasteiger partial charge in [-0.25, -0.2) is 18.4 Å².